The number of nitrogens with one attached hydrogen (secondary N) is 1. The fourth-order valence-electron chi connectivity index (χ4n) is 1.08. The number of rotatable bonds is 0. The van der Waals surface area contributed by atoms with Crippen molar-refractivity contribution in [1.82, 2.24) is 0 Å². The number of hydrogen-bond donors (Lipinski definition) is 0. The van der Waals surface area contributed by atoms with E-state index in [1.807, 2.05) is 13.0 Å². The van der Waals surface area contributed by atoms with Crippen LogP contribution in [0.25, 0.3) is 5.73 Å². The van der Waals surface area contributed by atoms with Crippen molar-refractivity contribution in [3.63, 3.8) is 0 Å². The van der Waals surface area contributed by atoms with Gasteiger partial charge in [-0.25, -0.2) is 0 Å². The van der Waals surface area contributed by atoms with Crippen LogP contribution in [0.4, 0.5) is 0 Å². The Morgan fingerprint density at radius 3 is 2.90 bits per heavy atom. The lowest BCUT2D eigenvalue weighted by Crippen LogP contribution is -2.05. The number of ether oxygens (including phenoxy) is 1. The third-order valence-corrected chi connectivity index (χ3v) is 1.64. The van der Waals surface area contributed by atoms with Crippen LogP contribution in [0.2, 0.25) is 0 Å². The summed E-state index contributed by atoms with van der Waals surface area (Å²) in [6.07, 6.45) is 5.44. The molecule has 0 aliphatic carbocycles. The highest BCUT2D eigenvalue weighted by molar-refractivity contribution is 5.27. The van der Waals surface area contributed by atoms with Crippen molar-refractivity contribution in [2.45, 2.75) is 19.8 Å². The van der Waals surface area contributed by atoms with Gasteiger partial charge in [0, 0.05) is 0 Å². The van der Waals surface area contributed by atoms with Gasteiger partial charge >= 0.3 is 0 Å². The van der Waals surface area contributed by atoms with Crippen LogP contribution in [0.1, 0.15) is 19.8 Å². The Morgan fingerprint density at radius 1 is 1.60 bits per heavy atom. The van der Waals surface area contributed by atoms with Gasteiger partial charge in [0.15, 0.2) is 0 Å². The average Bonchev–Trinajstić information content (AvgIpc) is 2.04. The van der Waals surface area contributed by atoms with E-state index in [4.69, 9.17) is 10.5 Å². The maximum atomic E-state index is 7.00. The van der Waals surface area contributed by atoms with Crippen LogP contribution in [0, 0.1) is 0 Å². The molecule has 2 nitrogen and oxygen atoms in total. The van der Waals surface area contributed by atoms with E-state index in [0.717, 1.165) is 25.2 Å². The van der Waals surface area contributed by atoms with Crippen LogP contribution in [0.15, 0.2) is 23.6 Å². The van der Waals surface area contributed by atoms with E-state index >= 15 is 0 Å². The lowest BCUT2D eigenvalue weighted by molar-refractivity contribution is 0.194. The second kappa shape index (κ2) is 3.30. The van der Waals surface area contributed by atoms with Gasteiger partial charge in [-0.05, 0) is 25.3 Å². The molecule has 0 bridgehead atoms. The molecule has 1 heterocycles. The predicted octanol–water partition coefficient (Wildman–Crippen LogP) is 2.64. The topological polar surface area (TPSA) is 33.0 Å². The molecule has 0 unspecified atom stereocenters. The maximum Gasteiger partial charge on any atom is 0.0995 e. The normalized spacial score (nSPS) is 26.9. The zero-order valence-corrected chi connectivity index (χ0v) is 6.18. The van der Waals surface area contributed by atoms with E-state index in [9.17, 15) is 0 Å². The van der Waals surface area contributed by atoms with Gasteiger partial charge in [-0.1, -0.05) is 6.08 Å². The first-order valence-corrected chi connectivity index (χ1v) is 3.54. The van der Waals surface area contributed by atoms with Gasteiger partial charge in [0.1, 0.15) is 0 Å². The van der Waals surface area contributed by atoms with Crippen molar-refractivity contribution in [2.75, 3.05) is 6.61 Å². The lowest BCUT2D eigenvalue weighted by Gasteiger charge is -2.20. The van der Waals surface area contributed by atoms with Crippen LogP contribution < -0.4 is 0 Å². The largest absolute Gasteiger partial charge is 0.702 e. The first-order chi connectivity index (χ1) is 4.88. The zero-order valence-electron chi connectivity index (χ0n) is 6.18. The van der Waals surface area contributed by atoms with Crippen molar-refractivity contribution in [3.8, 4) is 0 Å². The molecule has 0 amide bonds. The van der Waals surface area contributed by atoms with Gasteiger partial charge in [-0.2, -0.15) is 0 Å². The Labute approximate surface area is 61.4 Å². The summed E-state index contributed by atoms with van der Waals surface area (Å²) >= 11 is 0. The fourth-order valence-corrected chi connectivity index (χ4v) is 1.08. The summed E-state index contributed by atoms with van der Waals surface area (Å²) in [5, 5.41) is 0. The van der Waals surface area contributed by atoms with E-state index in [-0.39, 0.29) is 0 Å². The van der Waals surface area contributed by atoms with Gasteiger partial charge in [-0.3, -0.25) is 0 Å². The van der Waals surface area contributed by atoms with Crippen LogP contribution >= 0.6 is 0 Å². The first kappa shape index (κ1) is 7.19. The Bertz CT molecular complexity index is 150. The summed E-state index contributed by atoms with van der Waals surface area (Å²) in [6, 6.07) is 0. The highest BCUT2D eigenvalue weighted by Crippen LogP contribution is 2.22. The number of hydrogen-bond acceptors (Lipinski definition) is 1. The quantitative estimate of drug-likeness (QED) is 0.506. The SMILES string of the molecule is C/C=C1/CCCO/C1=C/[NH-]. The third-order valence-electron chi connectivity index (χ3n) is 1.64. The molecule has 1 aliphatic rings. The van der Waals surface area contributed by atoms with E-state index < -0.39 is 0 Å². The molecule has 2 heteroatoms. The summed E-state index contributed by atoms with van der Waals surface area (Å²) in [5.41, 5.74) is 8.17. The summed E-state index contributed by atoms with van der Waals surface area (Å²) in [7, 11) is 0. The minimum absolute atomic E-state index is 0.744. The van der Waals surface area contributed by atoms with E-state index in [1.165, 1.54) is 11.8 Å². The summed E-state index contributed by atoms with van der Waals surface area (Å²) in [5.74, 6) is 0.744. The van der Waals surface area contributed by atoms with Crippen molar-refractivity contribution in [3.05, 3.63) is 29.3 Å². The molecule has 1 N–H and O–H groups in total. The Hall–Kier alpha value is -0.920. The molecule has 1 rings (SSSR count). The summed E-state index contributed by atoms with van der Waals surface area (Å²) < 4.78 is 5.24. The molecule has 0 aromatic carbocycles. The zero-order chi connectivity index (χ0) is 7.40. The molecule has 0 aromatic rings. The molecule has 10 heavy (non-hydrogen) atoms. The highest BCUT2D eigenvalue weighted by Gasteiger charge is 2.08. The molecular formula is C8H12NO-. The first-order valence-electron chi connectivity index (χ1n) is 3.54. The Balaban J connectivity index is 2.69. The molecule has 0 saturated carbocycles. The van der Waals surface area contributed by atoms with Gasteiger partial charge in [-0.15, -0.1) is 6.20 Å². The van der Waals surface area contributed by atoms with Gasteiger partial charge in [0.2, 0.25) is 0 Å². The average molecular weight is 138 g/mol. The van der Waals surface area contributed by atoms with Gasteiger partial charge in [0.05, 0.1) is 12.4 Å². The molecular weight excluding hydrogens is 126 g/mol. The Morgan fingerprint density at radius 2 is 2.40 bits per heavy atom. The second-order valence-corrected chi connectivity index (χ2v) is 2.27. The summed E-state index contributed by atoms with van der Waals surface area (Å²) in [6.45, 7) is 2.75. The van der Waals surface area contributed by atoms with Gasteiger partial charge < -0.3 is 10.5 Å². The van der Waals surface area contributed by atoms with E-state index in [0.29, 0.717) is 0 Å². The second-order valence-electron chi connectivity index (χ2n) is 2.27. The molecule has 0 atom stereocenters. The molecule has 1 aliphatic heterocycles. The Kier molecular flexibility index (Phi) is 2.37. The lowest BCUT2D eigenvalue weighted by atomic mass is 10.1. The molecule has 56 valence electrons. The predicted molar refractivity (Wildman–Crippen MR) is 41.3 cm³/mol. The van der Waals surface area contributed by atoms with E-state index in [2.05, 4.69) is 0 Å². The minimum Gasteiger partial charge on any atom is -0.702 e. The minimum atomic E-state index is 0.744. The molecule has 0 spiro atoms. The molecule has 0 aromatic heterocycles. The van der Waals surface area contributed by atoms with Crippen molar-refractivity contribution >= 4 is 0 Å². The molecule has 1 fully saturated rings. The smallest absolute Gasteiger partial charge is 0.0995 e. The number of allylic oxidation sites excluding steroid dienone is 2. The molecule has 1 saturated heterocycles. The maximum absolute atomic E-state index is 7.00. The van der Waals surface area contributed by atoms with Crippen LogP contribution in [0.3, 0.4) is 0 Å². The van der Waals surface area contributed by atoms with E-state index in [1.54, 1.807) is 0 Å². The molecule has 0 radical (unpaired) electrons. The van der Waals surface area contributed by atoms with Crippen molar-refractivity contribution in [1.29, 1.82) is 0 Å². The van der Waals surface area contributed by atoms with Crippen molar-refractivity contribution < 1.29 is 4.74 Å². The summed E-state index contributed by atoms with van der Waals surface area (Å²) in [4.78, 5) is 0. The highest BCUT2D eigenvalue weighted by atomic mass is 16.5. The van der Waals surface area contributed by atoms with Gasteiger partial charge in [0.25, 0.3) is 0 Å². The van der Waals surface area contributed by atoms with Crippen LogP contribution in [-0.4, -0.2) is 6.61 Å². The standard InChI is InChI=1S/C8H12NO/c1-2-7-4-3-5-10-8(7)6-9/h2,6,9H,3-5H2,1H3/q-1/b7-2-,8-6+. The monoisotopic (exact) mass is 138 g/mol. The fraction of sp³-hybridized carbons (Fsp3) is 0.500. The van der Waals surface area contributed by atoms with Crippen LogP contribution in [-0.2, 0) is 4.74 Å². The van der Waals surface area contributed by atoms with Crippen LogP contribution in [0.5, 0.6) is 0 Å². The van der Waals surface area contributed by atoms with Crippen molar-refractivity contribution in [2.24, 2.45) is 0 Å². The third kappa shape index (κ3) is 1.32.